The van der Waals surface area contributed by atoms with Crippen molar-refractivity contribution < 1.29 is 24.0 Å². The lowest BCUT2D eigenvalue weighted by Crippen LogP contribution is -2.28. The van der Waals surface area contributed by atoms with Gasteiger partial charge in [0.25, 0.3) is 11.6 Å². The van der Waals surface area contributed by atoms with E-state index in [1.54, 1.807) is 32.2 Å². The van der Waals surface area contributed by atoms with Gasteiger partial charge in [0.2, 0.25) is 0 Å². The fourth-order valence-corrected chi connectivity index (χ4v) is 2.18. The molecule has 0 radical (unpaired) electrons. The van der Waals surface area contributed by atoms with Crippen molar-refractivity contribution in [1.82, 2.24) is 5.32 Å². The maximum absolute atomic E-state index is 12.0. The molecule has 0 aliphatic carbocycles. The lowest BCUT2D eigenvalue weighted by molar-refractivity contribution is -0.385. The van der Waals surface area contributed by atoms with Crippen LogP contribution in [0.25, 0.3) is 0 Å². The molecule has 2 aromatic carbocycles. The van der Waals surface area contributed by atoms with Crippen molar-refractivity contribution in [3.8, 4) is 5.75 Å². The summed E-state index contributed by atoms with van der Waals surface area (Å²) in [7, 11) is 1.55. The van der Waals surface area contributed by atoms with Gasteiger partial charge in [0.05, 0.1) is 17.6 Å². The summed E-state index contributed by atoms with van der Waals surface area (Å²) in [5.41, 5.74) is 1.10. The number of nitrogens with one attached hydrogen (secondary N) is 1. The third-order valence-electron chi connectivity index (χ3n) is 3.60. The number of nitrogens with zero attached hydrogens (tertiary/aromatic N) is 1. The molecule has 1 amide bonds. The topological polar surface area (TPSA) is 108 Å². The molecule has 0 fully saturated rings. The fourth-order valence-electron chi connectivity index (χ4n) is 2.18. The van der Waals surface area contributed by atoms with Crippen LogP contribution < -0.4 is 10.1 Å². The first-order chi connectivity index (χ1) is 12.4. The smallest absolute Gasteiger partial charge is 0.338 e. The number of esters is 1. The molecule has 2 rings (SSSR count). The molecule has 0 saturated carbocycles. The number of rotatable bonds is 7. The Morgan fingerprint density at radius 3 is 2.65 bits per heavy atom. The van der Waals surface area contributed by atoms with E-state index in [4.69, 9.17) is 9.47 Å². The van der Waals surface area contributed by atoms with Crippen LogP contribution in [0.5, 0.6) is 5.75 Å². The molecular weight excluding hydrogens is 340 g/mol. The van der Waals surface area contributed by atoms with E-state index in [0.29, 0.717) is 11.3 Å². The number of nitro groups is 1. The minimum Gasteiger partial charge on any atom is -0.497 e. The molecule has 8 nitrogen and oxygen atoms in total. The maximum atomic E-state index is 12.0. The molecule has 1 N–H and O–H groups in total. The Balaban J connectivity index is 1.87. The van der Waals surface area contributed by atoms with Crippen LogP contribution in [0.4, 0.5) is 5.69 Å². The maximum Gasteiger partial charge on any atom is 0.338 e. The van der Waals surface area contributed by atoms with Gasteiger partial charge >= 0.3 is 5.97 Å². The number of nitro benzene ring substituents is 1. The first-order valence-electron chi connectivity index (χ1n) is 7.72. The predicted octanol–water partition coefficient (Wildman–Crippen LogP) is 2.39. The van der Waals surface area contributed by atoms with Gasteiger partial charge in [-0.3, -0.25) is 14.9 Å². The number of benzene rings is 2. The van der Waals surface area contributed by atoms with Crippen LogP contribution in [-0.4, -0.2) is 30.5 Å². The van der Waals surface area contributed by atoms with Crippen LogP contribution >= 0.6 is 0 Å². The Morgan fingerprint density at radius 1 is 1.19 bits per heavy atom. The normalized spacial score (nSPS) is 10.1. The highest BCUT2D eigenvalue weighted by atomic mass is 16.6. The summed E-state index contributed by atoms with van der Waals surface area (Å²) in [6, 6.07) is 11.2. The Labute approximate surface area is 149 Å². The molecule has 0 bridgehead atoms. The van der Waals surface area contributed by atoms with Gasteiger partial charge in [0, 0.05) is 18.2 Å². The number of carbonyl (C=O) groups excluding carboxylic acids is 2. The monoisotopic (exact) mass is 358 g/mol. The zero-order valence-electron chi connectivity index (χ0n) is 14.4. The molecule has 2 aromatic rings. The van der Waals surface area contributed by atoms with Gasteiger partial charge in [-0.2, -0.15) is 0 Å². The molecule has 0 unspecified atom stereocenters. The van der Waals surface area contributed by atoms with Gasteiger partial charge < -0.3 is 14.8 Å². The number of hydrogen-bond acceptors (Lipinski definition) is 6. The van der Waals surface area contributed by atoms with Gasteiger partial charge in [-0.15, -0.1) is 0 Å². The lowest BCUT2D eigenvalue weighted by atomic mass is 10.1. The van der Waals surface area contributed by atoms with Crippen molar-refractivity contribution >= 4 is 17.6 Å². The van der Waals surface area contributed by atoms with Crippen molar-refractivity contribution in [2.24, 2.45) is 0 Å². The van der Waals surface area contributed by atoms with E-state index >= 15 is 0 Å². The second kappa shape index (κ2) is 8.61. The highest BCUT2D eigenvalue weighted by molar-refractivity contribution is 5.92. The van der Waals surface area contributed by atoms with Crippen LogP contribution in [0, 0.1) is 17.0 Å². The standard InChI is InChI=1S/C18H18N2O6/c1-12-6-7-14(9-16(12)20(23)24)18(22)26-11-17(21)19-10-13-4-3-5-15(8-13)25-2/h3-9H,10-11H2,1-2H3,(H,19,21). The summed E-state index contributed by atoms with van der Waals surface area (Å²) in [5, 5.41) is 13.5. The quantitative estimate of drug-likeness (QED) is 0.462. The molecule has 0 atom stereocenters. The van der Waals surface area contributed by atoms with E-state index in [2.05, 4.69) is 5.32 Å². The second-order valence-corrected chi connectivity index (χ2v) is 5.46. The van der Waals surface area contributed by atoms with Crippen molar-refractivity contribution in [3.05, 3.63) is 69.3 Å². The molecule has 0 saturated heterocycles. The largest absolute Gasteiger partial charge is 0.497 e. The Morgan fingerprint density at radius 2 is 1.96 bits per heavy atom. The van der Waals surface area contributed by atoms with Crippen LogP contribution in [0.2, 0.25) is 0 Å². The Hall–Kier alpha value is -3.42. The van der Waals surface area contributed by atoms with Crippen molar-refractivity contribution in [1.29, 1.82) is 0 Å². The predicted molar refractivity (Wildman–Crippen MR) is 93.0 cm³/mol. The summed E-state index contributed by atoms with van der Waals surface area (Å²) in [6.07, 6.45) is 0. The molecular formula is C18H18N2O6. The first kappa shape index (κ1) is 18.9. The van der Waals surface area contributed by atoms with Gasteiger partial charge in [0.15, 0.2) is 6.61 Å². The van der Waals surface area contributed by atoms with Crippen molar-refractivity contribution in [3.63, 3.8) is 0 Å². The molecule has 26 heavy (non-hydrogen) atoms. The second-order valence-electron chi connectivity index (χ2n) is 5.46. The zero-order chi connectivity index (χ0) is 19.1. The van der Waals surface area contributed by atoms with Crippen LogP contribution in [0.1, 0.15) is 21.5 Å². The number of carbonyl (C=O) groups is 2. The summed E-state index contributed by atoms with van der Waals surface area (Å²) >= 11 is 0. The summed E-state index contributed by atoms with van der Waals surface area (Å²) in [4.78, 5) is 34.1. The third-order valence-corrected chi connectivity index (χ3v) is 3.60. The number of ether oxygens (including phenoxy) is 2. The Kier molecular flexibility index (Phi) is 6.26. The molecule has 8 heteroatoms. The van der Waals surface area contributed by atoms with Gasteiger partial charge in [-0.05, 0) is 30.7 Å². The number of amides is 1. The van der Waals surface area contributed by atoms with E-state index in [9.17, 15) is 19.7 Å². The van der Waals surface area contributed by atoms with Crippen LogP contribution in [0.15, 0.2) is 42.5 Å². The van der Waals surface area contributed by atoms with Gasteiger partial charge in [0.1, 0.15) is 5.75 Å². The summed E-state index contributed by atoms with van der Waals surface area (Å²) in [5.74, 6) is -0.614. The molecule has 0 aromatic heterocycles. The fraction of sp³-hybridized carbons (Fsp3) is 0.222. The molecule has 0 spiro atoms. The highest BCUT2D eigenvalue weighted by Crippen LogP contribution is 2.19. The van der Waals surface area contributed by atoms with E-state index in [0.717, 1.165) is 11.6 Å². The third kappa shape index (κ3) is 5.04. The number of methoxy groups -OCH3 is 1. The SMILES string of the molecule is COc1cccc(CNC(=O)COC(=O)c2ccc(C)c([N+](=O)[O-])c2)c1. The first-order valence-corrected chi connectivity index (χ1v) is 7.72. The summed E-state index contributed by atoms with van der Waals surface area (Å²) in [6.45, 7) is 1.34. The zero-order valence-corrected chi connectivity index (χ0v) is 14.4. The average molecular weight is 358 g/mol. The molecule has 0 aliphatic heterocycles. The number of aryl methyl sites for hydroxylation is 1. The van der Waals surface area contributed by atoms with Crippen molar-refractivity contribution in [2.75, 3.05) is 13.7 Å². The molecule has 0 aliphatic rings. The highest BCUT2D eigenvalue weighted by Gasteiger charge is 2.16. The Bertz CT molecular complexity index is 834. The minimum atomic E-state index is -0.801. The van der Waals surface area contributed by atoms with Gasteiger partial charge in [-0.25, -0.2) is 4.79 Å². The van der Waals surface area contributed by atoms with Crippen LogP contribution in [0.3, 0.4) is 0 Å². The van der Waals surface area contributed by atoms with E-state index in [1.165, 1.54) is 12.1 Å². The molecule has 136 valence electrons. The van der Waals surface area contributed by atoms with E-state index < -0.39 is 23.4 Å². The van der Waals surface area contributed by atoms with Gasteiger partial charge in [-0.1, -0.05) is 18.2 Å². The van der Waals surface area contributed by atoms with Crippen LogP contribution in [-0.2, 0) is 16.1 Å². The minimum absolute atomic E-state index is 0.0166. The van der Waals surface area contributed by atoms with Crippen molar-refractivity contribution in [2.45, 2.75) is 13.5 Å². The average Bonchev–Trinajstić information content (AvgIpc) is 2.64. The molecule has 0 heterocycles. The van der Waals surface area contributed by atoms with E-state index in [1.807, 2.05) is 6.07 Å². The number of hydrogen-bond donors (Lipinski definition) is 1. The van der Waals surface area contributed by atoms with E-state index in [-0.39, 0.29) is 17.8 Å². The summed E-state index contributed by atoms with van der Waals surface area (Å²) < 4.78 is 9.99. The lowest BCUT2D eigenvalue weighted by Gasteiger charge is -2.08.